The lowest BCUT2D eigenvalue weighted by Crippen LogP contribution is -2.65. The maximum atomic E-state index is 12.2. The van der Waals surface area contributed by atoms with E-state index in [1.54, 1.807) is 17.2 Å². The molecule has 3 fully saturated rings. The van der Waals surface area contributed by atoms with E-state index >= 15 is 0 Å². The smallest absolute Gasteiger partial charge is 0.410 e. The monoisotopic (exact) mass is 472 g/mol. The molecule has 1 aromatic heterocycles. The minimum atomic E-state index is -0.495. The van der Waals surface area contributed by atoms with Crippen molar-refractivity contribution in [3.63, 3.8) is 0 Å². The Bertz CT molecular complexity index is 857. The number of nitrogens with zero attached hydrogens (tertiary/aromatic N) is 4. The second-order valence-corrected chi connectivity index (χ2v) is 10.7. The van der Waals surface area contributed by atoms with Crippen molar-refractivity contribution in [2.45, 2.75) is 51.9 Å². The van der Waals surface area contributed by atoms with E-state index in [-0.39, 0.29) is 17.8 Å². The minimum Gasteiger partial charge on any atom is -0.444 e. The molecule has 1 amide bonds. The minimum absolute atomic E-state index is 0.133. The first-order chi connectivity index (χ1) is 16.3. The van der Waals surface area contributed by atoms with Gasteiger partial charge in [-0.2, -0.15) is 5.26 Å². The lowest BCUT2D eigenvalue weighted by atomic mass is 9.81. The number of hydrogen-bond acceptors (Lipinski definition) is 8. The van der Waals surface area contributed by atoms with Crippen LogP contribution in [0.3, 0.4) is 0 Å². The van der Waals surface area contributed by atoms with Crippen LogP contribution in [0.1, 0.15) is 45.7 Å². The molecule has 0 N–H and O–H groups in total. The van der Waals surface area contributed by atoms with Crippen LogP contribution < -0.4 is 4.90 Å². The standard InChI is InChI=1S/C25H36N4O5/c1-24(2,3)34-23(30)29-15-25(16-29)17-32-22(33-18-25)6-9-28(14-19-7-10-31-11-8-19)21-5-4-20(12-26)27-13-21/h4-5,13,19,22H,6-11,14-18H2,1-3H3. The summed E-state index contributed by atoms with van der Waals surface area (Å²) in [5, 5.41) is 9.06. The van der Waals surface area contributed by atoms with Crippen LogP contribution in [-0.4, -0.2) is 80.5 Å². The average molecular weight is 473 g/mol. The molecular weight excluding hydrogens is 436 g/mol. The molecule has 3 aliphatic heterocycles. The van der Waals surface area contributed by atoms with Crippen LogP contribution in [-0.2, 0) is 18.9 Å². The summed E-state index contributed by atoms with van der Waals surface area (Å²) in [6.07, 6.45) is 4.05. The van der Waals surface area contributed by atoms with Crippen molar-refractivity contribution in [3.05, 3.63) is 24.0 Å². The number of hydrogen-bond donors (Lipinski definition) is 0. The Kier molecular flexibility index (Phi) is 7.60. The topological polar surface area (TPSA) is 97.2 Å². The van der Waals surface area contributed by atoms with Gasteiger partial charge >= 0.3 is 6.09 Å². The van der Waals surface area contributed by atoms with E-state index in [0.717, 1.165) is 51.3 Å². The molecule has 9 nitrogen and oxygen atoms in total. The van der Waals surface area contributed by atoms with E-state index in [4.69, 9.17) is 24.2 Å². The second kappa shape index (κ2) is 10.5. The highest BCUT2D eigenvalue weighted by Gasteiger charge is 2.49. The van der Waals surface area contributed by atoms with Gasteiger partial charge in [-0.1, -0.05) is 0 Å². The van der Waals surface area contributed by atoms with Crippen LogP contribution in [0.5, 0.6) is 0 Å². The van der Waals surface area contributed by atoms with Crippen LogP contribution in [0.25, 0.3) is 0 Å². The number of anilines is 1. The van der Waals surface area contributed by atoms with E-state index in [1.807, 2.05) is 26.8 Å². The number of carbonyl (C=O) groups excluding carboxylic acids is 1. The first-order valence-corrected chi connectivity index (χ1v) is 12.2. The number of carbonyl (C=O) groups is 1. The Labute approximate surface area is 201 Å². The Morgan fingerprint density at radius 1 is 1.26 bits per heavy atom. The van der Waals surface area contributed by atoms with E-state index in [0.29, 0.717) is 37.9 Å². The quantitative estimate of drug-likeness (QED) is 0.623. The average Bonchev–Trinajstić information content (AvgIpc) is 2.80. The molecule has 1 spiro atoms. The zero-order chi connectivity index (χ0) is 24.2. The molecule has 0 bridgehead atoms. The van der Waals surface area contributed by atoms with Crippen LogP contribution in [0.2, 0.25) is 0 Å². The van der Waals surface area contributed by atoms with Crippen LogP contribution >= 0.6 is 0 Å². The lowest BCUT2D eigenvalue weighted by molar-refractivity contribution is -0.254. The van der Waals surface area contributed by atoms with Crippen molar-refractivity contribution in [3.8, 4) is 6.07 Å². The molecule has 0 aromatic carbocycles. The molecular formula is C25H36N4O5. The maximum Gasteiger partial charge on any atom is 0.410 e. The molecule has 0 atom stereocenters. The van der Waals surface area contributed by atoms with Gasteiger partial charge < -0.3 is 28.7 Å². The number of rotatable bonds is 6. The Morgan fingerprint density at radius 2 is 1.97 bits per heavy atom. The van der Waals surface area contributed by atoms with Gasteiger partial charge in [-0.3, -0.25) is 0 Å². The Hall–Kier alpha value is -2.41. The van der Waals surface area contributed by atoms with Gasteiger partial charge in [0.15, 0.2) is 6.29 Å². The van der Waals surface area contributed by atoms with E-state index in [9.17, 15) is 4.79 Å². The molecule has 4 heterocycles. The predicted molar refractivity (Wildman–Crippen MR) is 125 cm³/mol. The molecule has 0 aliphatic carbocycles. The zero-order valence-corrected chi connectivity index (χ0v) is 20.5. The Balaban J connectivity index is 1.27. The molecule has 3 aliphatic rings. The Morgan fingerprint density at radius 3 is 2.56 bits per heavy atom. The first-order valence-electron chi connectivity index (χ1n) is 12.2. The zero-order valence-electron chi connectivity index (χ0n) is 20.5. The molecule has 0 unspecified atom stereocenters. The van der Waals surface area contributed by atoms with Crippen LogP contribution in [0.15, 0.2) is 18.3 Å². The van der Waals surface area contributed by atoms with Gasteiger partial charge in [0.1, 0.15) is 17.4 Å². The fourth-order valence-corrected chi connectivity index (χ4v) is 4.66. The van der Waals surface area contributed by atoms with Crippen molar-refractivity contribution in [1.29, 1.82) is 5.26 Å². The van der Waals surface area contributed by atoms with Crippen molar-refractivity contribution < 1.29 is 23.7 Å². The summed E-state index contributed by atoms with van der Waals surface area (Å²) >= 11 is 0. The van der Waals surface area contributed by atoms with Gasteiger partial charge in [0.25, 0.3) is 0 Å². The van der Waals surface area contributed by atoms with Gasteiger partial charge in [-0.05, 0) is 51.7 Å². The molecule has 34 heavy (non-hydrogen) atoms. The van der Waals surface area contributed by atoms with Crippen molar-refractivity contribution >= 4 is 11.8 Å². The third kappa shape index (κ3) is 6.38. The normalized spacial score (nSPS) is 21.1. The van der Waals surface area contributed by atoms with Crippen LogP contribution in [0.4, 0.5) is 10.5 Å². The highest BCUT2D eigenvalue weighted by atomic mass is 16.7. The van der Waals surface area contributed by atoms with Crippen molar-refractivity contribution in [1.82, 2.24) is 9.88 Å². The number of nitriles is 1. The van der Waals surface area contributed by atoms with Gasteiger partial charge in [0.2, 0.25) is 0 Å². The molecule has 3 saturated heterocycles. The number of aromatic nitrogens is 1. The van der Waals surface area contributed by atoms with E-state index in [2.05, 4.69) is 16.0 Å². The third-order valence-electron chi connectivity index (χ3n) is 6.54. The summed E-state index contributed by atoms with van der Waals surface area (Å²) < 4.78 is 23.1. The fraction of sp³-hybridized carbons (Fsp3) is 0.720. The highest BCUT2D eigenvalue weighted by Crippen LogP contribution is 2.36. The summed E-state index contributed by atoms with van der Waals surface area (Å²) in [5.74, 6) is 0.565. The molecule has 186 valence electrons. The molecule has 1 aromatic rings. The van der Waals surface area contributed by atoms with Gasteiger partial charge in [0, 0.05) is 45.8 Å². The second-order valence-electron chi connectivity index (χ2n) is 10.7. The molecule has 0 saturated carbocycles. The fourth-order valence-electron chi connectivity index (χ4n) is 4.66. The maximum absolute atomic E-state index is 12.2. The summed E-state index contributed by atoms with van der Waals surface area (Å²) in [5.41, 5.74) is 0.794. The SMILES string of the molecule is CC(C)(C)OC(=O)N1CC2(COC(CCN(CC3CCOCC3)c3ccc(C#N)nc3)OC2)C1. The number of pyridine rings is 1. The molecule has 0 radical (unpaired) electrons. The lowest BCUT2D eigenvalue weighted by Gasteiger charge is -2.52. The summed E-state index contributed by atoms with van der Waals surface area (Å²) in [6, 6.07) is 5.80. The third-order valence-corrected chi connectivity index (χ3v) is 6.54. The van der Waals surface area contributed by atoms with Gasteiger partial charge in [0.05, 0.1) is 30.5 Å². The van der Waals surface area contributed by atoms with Crippen molar-refractivity contribution in [2.24, 2.45) is 11.3 Å². The largest absolute Gasteiger partial charge is 0.444 e. The van der Waals surface area contributed by atoms with Crippen molar-refractivity contribution in [2.75, 3.05) is 57.5 Å². The first kappa shape index (κ1) is 24.7. The number of ether oxygens (including phenoxy) is 4. The molecule has 4 rings (SSSR count). The van der Waals surface area contributed by atoms with Gasteiger partial charge in [-0.15, -0.1) is 0 Å². The summed E-state index contributed by atoms with van der Waals surface area (Å²) in [7, 11) is 0. The highest BCUT2D eigenvalue weighted by molar-refractivity contribution is 5.69. The number of likely N-dealkylation sites (tertiary alicyclic amines) is 1. The number of amides is 1. The predicted octanol–water partition coefficient (Wildman–Crippen LogP) is 3.19. The summed E-state index contributed by atoms with van der Waals surface area (Å²) in [6.45, 7) is 11.3. The molecule has 9 heteroatoms. The summed E-state index contributed by atoms with van der Waals surface area (Å²) in [4.78, 5) is 20.5. The van der Waals surface area contributed by atoms with E-state index < -0.39 is 5.60 Å². The van der Waals surface area contributed by atoms with Crippen LogP contribution in [0, 0.1) is 22.7 Å². The van der Waals surface area contributed by atoms with Gasteiger partial charge in [-0.25, -0.2) is 9.78 Å². The van der Waals surface area contributed by atoms with E-state index in [1.165, 1.54) is 0 Å².